The second-order valence-corrected chi connectivity index (χ2v) is 4.77. The SMILES string of the molecule is CCOc1cccc(C(=O)NCCSCC(=O)O)c1. The fraction of sp³-hybridized carbons (Fsp3) is 0.385. The van der Waals surface area contributed by atoms with Crippen molar-refractivity contribution in [2.75, 3.05) is 24.7 Å². The van der Waals surface area contributed by atoms with Crippen LogP contribution in [0.3, 0.4) is 0 Å². The second kappa shape index (κ2) is 8.42. The van der Waals surface area contributed by atoms with E-state index in [0.717, 1.165) is 0 Å². The summed E-state index contributed by atoms with van der Waals surface area (Å²) < 4.78 is 5.32. The van der Waals surface area contributed by atoms with E-state index >= 15 is 0 Å². The molecule has 1 amide bonds. The zero-order valence-electron chi connectivity index (χ0n) is 10.7. The number of benzene rings is 1. The van der Waals surface area contributed by atoms with Crippen LogP contribution < -0.4 is 10.1 Å². The molecule has 0 unspecified atom stereocenters. The molecule has 0 spiro atoms. The molecule has 19 heavy (non-hydrogen) atoms. The van der Waals surface area contributed by atoms with Gasteiger partial charge in [-0.05, 0) is 25.1 Å². The van der Waals surface area contributed by atoms with Gasteiger partial charge in [0.25, 0.3) is 5.91 Å². The molecule has 0 aliphatic rings. The lowest BCUT2D eigenvalue weighted by atomic mass is 10.2. The maximum Gasteiger partial charge on any atom is 0.313 e. The maximum atomic E-state index is 11.8. The first kappa shape index (κ1) is 15.4. The Morgan fingerprint density at radius 3 is 2.89 bits per heavy atom. The minimum atomic E-state index is -0.847. The summed E-state index contributed by atoms with van der Waals surface area (Å²) in [5.41, 5.74) is 0.536. The number of ether oxygens (including phenoxy) is 1. The highest BCUT2D eigenvalue weighted by Gasteiger charge is 2.06. The van der Waals surface area contributed by atoms with Gasteiger partial charge in [0.15, 0.2) is 0 Å². The highest BCUT2D eigenvalue weighted by Crippen LogP contribution is 2.13. The van der Waals surface area contributed by atoms with Gasteiger partial charge in [0, 0.05) is 17.9 Å². The van der Waals surface area contributed by atoms with Crippen molar-refractivity contribution in [3.8, 4) is 5.75 Å². The van der Waals surface area contributed by atoms with Crippen LogP contribution in [0.15, 0.2) is 24.3 Å². The van der Waals surface area contributed by atoms with Gasteiger partial charge in [0.05, 0.1) is 12.4 Å². The Labute approximate surface area is 116 Å². The highest BCUT2D eigenvalue weighted by atomic mass is 32.2. The molecule has 0 aliphatic heterocycles. The van der Waals surface area contributed by atoms with Crippen LogP contribution in [0.2, 0.25) is 0 Å². The van der Waals surface area contributed by atoms with Crippen LogP contribution in [0.25, 0.3) is 0 Å². The van der Waals surface area contributed by atoms with Crippen LogP contribution in [0.4, 0.5) is 0 Å². The fourth-order valence-electron chi connectivity index (χ4n) is 1.39. The van der Waals surface area contributed by atoms with Crippen LogP contribution in [-0.4, -0.2) is 41.6 Å². The van der Waals surface area contributed by atoms with E-state index in [9.17, 15) is 9.59 Å². The average Bonchev–Trinajstić information content (AvgIpc) is 2.38. The van der Waals surface area contributed by atoms with Crippen molar-refractivity contribution in [1.29, 1.82) is 0 Å². The summed E-state index contributed by atoms with van der Waals surface area (Å²) >= 11 is 1.27. The standard InChI is InChI=1S/C13H17NO4S/c1-2-18-11-5-3-4-10(8-11)13(17)14-6-7-19-9-12(15)16/h3-5,8H,2,6-7,9H2,1H3,(H,14,17)(H,15,16). The third kappa shape index (κ3) is 6.15. The first-order valence-corrected chi connectivity index (χ1v) is 7.09. The molecule has 1 aromatic carbocycles. The molecule has 1 rings (SSSR count). The summed E-state index contributed by atoms with van der Waals surface area (Å²) in [7, 11) is 0. The normalized spacial score (nSPS) is 9.95. The van der Waals surface area contributed by atoms with Crippen molar-refractivity contribution in [2.45, 2.75) is 6.92 Å². The van der Waals surface area contributed by atoms with Crippen molar-refractivity contribution in [3.63, 3.8) is 0 Å². The van der Waals surface area contributed by atoms with E-state index in [2.05, 4.69) is 5.32 Å². The Hall–Kier alpha value is -1.69. The zero-order chi connectivity index (χ0) is 14.1. The second-order valence-electron chi connectivity index (χ2n) is 3.66. The number of carboxylic acids is 1. The smallest absolute Gasteiger partial charge is 0.313 e. The van der Waals surface area contributed by atoms with Crippen molar-refractivity contribution in [2.24, 2.45) is 0 Å². The summed E-state index contributed by atoms with van der Waals surface area (Å²) in [6.07, 6.45) is 0. The molecule has 0 saturated carbocycles. The Balaban J connectivity index is 2.36. The molecular weight excluding hydrogens is 266 g/mol. The fourth-order valence-corrected chi connectivity index (χ4v) is 1.96. The van der Waals surface area contributed by atoms with Gasteiger partial charge in [0.2, 0.25) is 0 Å². The molecule has 2 N–H and O–H groups in total. The maximum absolute atomic E-state index is 11.8. The van der Waals surface area contributed by atoms with E-state index in [4.69, 9.17) is 9.84 Å². The zero-order valence-corrected chi connectivity index (χ0v) is 11.5. The Kier molecular flexibility index (Phi) is 6.81. The quantitative estimate of drug-likeness (QED) is 0.709. The number of amides is 1. The number of nitrogens with one attached hydrogen (secondary N) is 1. The van der Waals surface area contributed by atoms with Crippen LogP contribution in [0.5, 0.6) is 5.75 Å². The van der Waals surface area contributed by atoms with Gasteiger partial charge in [-0.1, -0.05) is 6.07 Å². The predicted molar refractivity (Wildman–Crippen MR) is 74.9 cm³/mol. The number of carboxylic acid groups (broad SMARTS) is 1. The van der Waals surface area contributed by atoms with Gasteiger partial charge in [-0.3, -0.25) is 9.59 Å². The first-order chi connectivity index (χ1) is 9.13. The van der Waals surface area contributed by atoms with E-state index < -0.39 is 5.97 Å². The van der Waals surface area contributed by atoms with Crippen molar-refractivity contribution in [3.05, 3.63) is 29.8 Å². The van der Waals surface area contributed by atoms with E-state index in [1.807, 2.05) is 6.92 Å². The van der Waals surface area contributed by atoms with Gasteiger partial charge in [-0.25, -0.2) is 0 Å². The molecule has 0 heterocycles. The Morgan fingerprint density at radius 2 is 2.21 bits per heavy atom. The highest BCUT2D eigenvalue weighted by molar-refractivity contribution is 7.99. The Bertz CT molecular complexity index is 436. The number of thioether (sulfide) groups is 1. The first-order valence-electron chi connectivity index (χ1n) is 5.94. The molecule has 5 nitrogen and oxygen atoms in total. The molecule has 0 saturated heterocycles. The third-order valence-corrected chi connectivity index (χ3v) is 3.11. The molecule has 6 heteroatoms. The van der Waals surface area contributed by atoms with Crippen LogP contribution >= 0.6 is 11.8 Å². The summed E-state index contributed by atoms with van der Waals surface area (Å²) in [6.45, 7) is 2.87. The number of hydrogen-bond acceptors (Lipinski definition) is 4. The summed E-state index contributed by atoms with van der Waals surface area (Å²) in [5, 5.41) is 11.2. The summed E-state index contributed by atoms with van der Waals surface area (Å²) in [6, 6.07) is 6.95. The van der Waals surface area contributed by atoms with Gasteiger partial charge in [0.1, 0.15) is 5.75 Å². The molecule has 1 aromatic rings. The summed E-state index contributed by atoms with van der Waals surface area (Å²) in [5.74, 6) is 0.257. The van der Waals surface area contributed by atoms with Gasteiger partial charge in [-0.15, -0.1) is 11.8 Å². The molecule has 104 valence electrons. The van der Waals surface area contributed by atoms with Gasteiger partial charge < -0.3 is 15.2 Å². The van der Waals surface area contributed by atoms with Crippen molar-refractivity contribution < 1.29 is 19.4 Å². The van der Waals surface area contributed by atoms with Crippen LogP contribution in [0, 0.1) is 0 Å². The number of carbonyl (C=O) groups is 2. The molecule has 0 atom stereocenters. The Morgan fingerprint density at radius 1 is 1.42 bits per heavy atom. The monoisotopic (exact) mass is 283 g/mol. The molecule has 0 aliphatic carbocycles. The van der Waals surface area contributed by atoms with Crippen molar-refractivity contribution in [1.82, 2.24) is 5.32 Å². The van der Waals surface area contributed by atoms with Gasteiger partial charge >= 0.3 is 5.97 Å². The van der Waals surface area contributed by atoms with Gasteiger partial charge in [-0.2, -0.15) is 0 Å². The molecule has 0 aromatic heterocycles. The molecule has 0 fully saturated rings. The molecular formula is C13H17NO4S. The van der Waals surface area contributed by atoms with E-state index in [0.29, 0.717) is 30.2 Å². The lowest BCUT2D eigenvalue weighted by Gasteiger charge is -2.07. The predicted octanol–water partition coefficient (Wildman–Crippen LogP) is 1.63. The topological polar surface area (TPSA) is 75.6 Å². The minimum Gasteiger partial charge on any atom is -0.494 e. The third-order valence-electron chi connectivity index (χ3n) is 2.16. The number of carbonyl (C=O) groups excluding carboxylic acids is 1. The lowest BCUT2D eigenvalue weighted by molar-refractivity contribution is -0.133. The minimum absolute atomic E-state index is 0.0513. The largest absolute Gasteiger partial charge is 0.494 e. The molecule has 0 radical (unpaired) electrons. The van der Waals surface area contributed by atoms with Crippen LogP contribution in [0.1, 0.15) is 17.3 Å². The van der Waals surface area contributed by atoms with Crippen molar-refractivity contribution >= 4 is 23.6 Å². The number of rotatable bonds is 8. The number of aliphatic carboxylic acids is 1. The average molecular weight is 283 g/mol. The van der Waals surface area contributed by atoms with E-state index in [1.165, 1.54) is 11.8 Å². The number of hydrogen-bond donors (Lipinski definition) is 2. The summed E-state index contributed by atoms with van der Waals surface area (Å²) in [4.78, 5) is 22.1. The van der Waals surface area contributed by atoms with E-state index in [1.54, 1.807) is 24.3 Å². The van der Waals surface area contributed by atoms with E-state index in [-0.39, 0.29) is 11.7 Å². The molecule has 0 bridgehead atoms. The lowest BCUT2D eigenvalue weighted by Crippen LogP contribution is -2.26. The van der Waals surface area contributed by atoms with Crippen LogP contribution in [-0.2, 0) is 4.79 Å².